The third-order valence-corrected chi connectivity index (χ3v) is 1.97. The summed E-state index contributed by atoms with van der Waals surface area (Å²) in [5, 5.41) is 11.3. The molecule has 68 valence electrons. The van der Waals surface area contributed by atoms with E-state index < -0.39 is 0 Å². The van der Waals surface area contributed by atoms with Gasteiger partial charge < -0.3 is 0 Å². The van der Waals surface area contributed by atoms with Crippen molar-refractivity contribution in [2.75, 3.05) is 0 Å². The van der Waals surface area contributed by atoms with Crippen LogP contribution in [-0.2, 0) is 0 Å². The first kappa shape index (κ1) is 9.52. The maximum absolute atomic E-state index is 9.47. The van der Waals surface area contributed by atoms with E-state index in [1.165, 1.54) is 0 Å². The zero-order chi connectivity index (χ0) is 9.84. The van der Waals surface area contributed by atoms with Gasteiger partial charge in [-0.3, -0.25) is 5.21 Å². The molecule has 1 rings (SSSR count). The topological polar surface area (TPSA) is 24.1 Å². The predicted molar refractivity (Wildman–Crippen MR) is 52.6 cm³/mol. The Bertz CT molecular complexity index is 432. The molecule has 0 aliphatic carbocycles. The Morgan fingerprint density at radius 2 is 2.23 bits per heavy atom. The lowest BCUT2D eigenvalue weighted by Gasteiger charge is -1.91. The molecule has 0 spiro atoms. The van der Waals surface area contributed by atoms with Gasteiger partial charge in [-0.25, -0.2) is 0 Å². The van der Waals surface area contributed by atoms with Crippen LogP contribution in [0.5, 0.6) is 0 Å². The molecule has 0 aliphatic heterocycles. The largest absolute Gasteiger partial charge is 0.285 e. The molecular formula is C11H14NO+. The molecule has 0 fully saturated rings. The Balaban J connectivity index is 3.75. The molecule has 0 aliphatic rings. The van der Waals surface area contributed by atoms with Gasteiger partial charge in [-0.1, -0.05) is 12.7 Å². The second-order valence-corrected chi connectivity index (χ2v) is 2.83. The van der Waals surface area contributed by atoms with Gasteiger partial charge in [0.25, 0.3) is 5.35 Å². The molecule has 2 heteroatoms. The van der Waals surface area contributed by atoms with E-state index in [9.17, 15) is 5.21 Å². The van der Waals surface area contributed by atoms with Crippen LogP contribution in [0, 0.1) is 6.92 Å². The van der Waals surface area contributed by atoms with Crippen LogP contribution in [0.15, 0.2) is 24.9 Å². The minimum absolute atomic E-state index is 0.792. The van der Waals surface area contributed by atoms with Crippen molar-refractivity contribution in [2.45, 2.75) is 13.8 Å². The van der Waals surface area contributed by atoms with Crippen LogP contribution < -0.4 is 15.3 Å². The second kappa shape index (κ2) is 3.90. The Kier molecular flexibility index (Phi) is 2.85. The molecule has 1 heterocycles. The molecule has 13 heavy (non-hydrogen) atoms. The SMILES string of the molecule is C=C/C=c1/c(C)cc[n+](O)/c1=C/C. The van der Waals surface area contributed by atoms with Crippen molar-refractivity contribution in [1.82, 2.24) is 0 Å². The number of rotatable bonds is 1. The molecule has 0 bridgehead atoms. The zero-order valence-electron chi connectivity index (χ0n) is 7.99. The molecule has 2 nitrogen and oxygen atoms in total. The number of pyridine rings is 1. The van der Waals surface area contributed by atoms with E-state index >= 15 is 0 Å². The van der Waals surface area contributed by atoms with Crippen molar-refractivity contribution in [1.29, 1.82) is 0 Å². The summed E-state index contributed by atoms with van der Waals surface area (Å²) < 4.78 is 1.11. The number of aromatic nitrogens is 1. The molecule has 0 aromatic carbocycles. The highest BCUT2D eigenvalue weighted by molar-refractivity contribution is 5.38. The van der Waals surface area contributed by atoms with E-state index in [1.807, 2.05) is 32.1 Å². The average molecular weight is 176 g/mol. The summed E-state index contributed by atoms with van der Waals surface area (Å²) in [6, 6.07) is 1.86. The zero-order valence-corrected chi connectivity index (χ0v) is 7.99. The van der Waals surface area contributed by atoms with Gasteiger partial charge in [0.05, 0.1) is 5.22 Å². The lowest BCUT2D eigenvalue weighted by Crippen LogP contribution is -2.55. The van der Waals surface area contributed by atoms with Crippen LogP contribution >= 0.6 is 0 Å². The van der Waals surface area contributed by atoms with Gasteiger partial charge in [-0.2, -0.15) is 0 Å². The molecule has 0 radical (unpaired) electrons. The van der Waals surface area contributed by atoms with E-state index in [0.717, 1.165) is 20.9 Å². The molecule has 0 saturated heterocycles. The van der Waals surface area contributed by atoms with E-state index in [-0.39, 0.29) is 0 Å². The first-order valence-electron chi connectivity index (χ1n) is 4.20. The van der Waals surface area contributed by atoms with E-state index in [2.05, 4.69) is 6.58 Å². The quantitative estimate of drug-likeness (QED) is 0.482. The Morgan fingerprint density at radius 1 is 1.54 bits per heavy atom. The smallest absolute Gasteiger partial charge is 0.260 e. The number of hydrogen-bond donors (Lipinski definition) is 1. The van der Waals surface area contributed by atoms with Gasteiger partial charge in [0.2, 0.25) is 6.20 Å². The highest BCUT2D eigenvalue weighted by Gasteiger charge is 2.02. The van der Waals surface area contributed by atoms with Crippen LogP contribution in [0.3, 0.4) is 0 Å². The van der Waals surface area contributed by atoms with Crippen molar-refractivity contribution >= 4 is 12.2 Å². The Labute approximate surface area is 77.7 Å². The van der Waals surface area contributed by atoms with Crippen molar-refractivity contribution in [3.63, 3.8) is 0 Å². The summed E-state index contributed by atoms with van der Waals surface area (Å²) in [6.45, 7) is 7.53. The van der Waals surface area contributed by atoms with Crippen molar-refractivity contribution in [3.05, 3.63) is 41.0 Å². The number of aryl methyl sites for hydroxylation is 1. The van der Waals surface area contributed by atoms with Crippen molar-refractivity contribution < 1.29 is 9.94 Å². The summed E-state index contributed by atoms with van der Waals surface area (Å²) in [4.78, 5) is 0. The van der Waals surface area contributed by atoms with Crippen LogP contribution in [0.1, 0.15) is 12.5 Å². The molecule has 0 saturated carbocycles. The predicted octanol–water partition coefficient (Wildman–Crippen LogP) is 0.287. The third-order valence-electron chi connectivity index (χ3n) is 1.97. The number of hydrogen-bond acceptors (Lipinski definition) is 1. The maximum Gasteiger partial charge on any atom is 0.260 e. The minimum atomic E-state index is 0.792. The lowest BCUT2D eigenvalue weighted by molar-refractivity contribution is -0.915. The van der Waals surface area contributed by atoms with Crippen LogP contribution in [0.4, 0.5) is 0 Å². The summed E-state index contributed by atoms with van der Waals surface area (Å²) in [7, 11) is 0. The molecule has 0 amide bonds. The first-order chi connectivity index (χ1) is 6.20. The average Bonchev–Trinajstić information content (AvgIpc) is 2.12. The fraction of sp³-hybridized carbons (Fsp3) is 0.182. The van der Waals surface area contributed by atoms with Gasteiger partial charge in [0.1, 0.15) is 0 Å². The standard InChI is InChI=1S/C11H14NO/c1-4-6-10-9(3)7-8-12(13)11(10)5-2/h4-8,13H,1H2,2-3H3/q+1/b10-6-,11-5+. The fourth-order valence-corrected chi connectivity index (χ4v) is 1.30. The van der Waals surface area contributed by atoms with Crippen LogP contribution in [0.2, 0.25) is 0 Å². The van der Waals surface area contributed by atoms with Gasteiger partial charge >= 0.3 is 0 Å². The highest BCUT2D eigenvalue weighted by Crippen LogP contribution is 1.80. The highest BCUT2D eigenvalue weighted by atomic mass is 16.5. The van der Waals surface area contributed by atoms with Crippen LogP contribution in [0.25, 0.3) is 12.2 Å². The van der Waals surface area contributed by atoms with Gasteiger partial charge in [-0.15, -0.1) is 0 Å². The van der Waals surface area contributed by atoms with E-state index in [1.54, 1.807) is 12.3 Å². The fourth-order valence-electron chi connectivity index (χ4n) is 1.30. The summed E-state index contributed by atoms with van der Waals surface area (Å²) >= 11 is 0. The Hall–Kier alpha value is -1.57. The lowest BCUT2D eigenvalue weighted by atomic mass is 10.2. The minimum Gasteiger partial charge on any atom is -0.285 e. The molecule has 1 aromatic rings. The van der Waals surface area contributed by atoms with E-state index in [0.29, 0.717) is 0 Å². The van der Waals surface area contributed by atoms with Gasteiger partial charge in [0.15, 0.2) is 0 Å². The molecule has 0 unspecified atom stereocenters. The van der Waals surface area contributed by atoms with E-state index in [4.69, 9.17) is 0 Å². The maximum atomic E-state index is 9.47. The van der Waals surface area contributed by atoms with Crippen molar-refractivity contribution in [3.8, 4) is 0 Å². The second-order valence-electron chi connectivity index (χ2n) is 2.83. The summed E-state index contributed by atoms with van der Waals surface area (Å²) in [6.07, 6.45) is 7.10. The van der Waals surface area contributed by atoms with Gasteiger partial charge in [0, 0.05) is 10.8 Å². The summed E-state index contributed by atoms with van der Waals surface area (Å²) in [5.41, 5.74) is 1.12. The first-order valence-corrected chi connectivity index (χ1v) is 4.20. The normalized spacial score (nSPS) is 13.4. The van der Waals surface area contributed by atoms with Gasteiger partial charge in [-0.05, 0) is 31.6 Å². The molecule has 1 aromatic heterocycles. The molecular weight excluding hydrogens is 162 g/mol. The Morgan fingerprint density at radius 3 is 2.77 bits per heavy atom. The van der Waals surface area contributed by atoms with Crippen LogP contribution in [-0.4, -0.2) is 5.21 Å². The molecule has 1 N–H and O–H groups in total. The molecule has 0 atom stereocenters. The van der Waals surface area contributed by atoms with Crippen molar-refractivity contribution in [2.24, 2.45) is 0 Å². The number of nitrogens with zero attached hydrogens (tertiary/aromatic N) is 1. The third kappa shape index (κ3) is 1.78. The summed E-state index contributed by atoms with van der Waals surface area (Å²) in [5.74, 6) is 0. The number of allylic oxidation sites excluding steroid dienone is 1. The monoisotopic (exact) mass is 176 g/mol.